The van der Waals surface area contributed by atoms with Gasteiger partial charge in [-0.05, 0) is 22.9 Å². The highest BCUT2D eigenvalue weighted by Crippen LogP contribution is 2.29. The average molecular weight is 274 g/mol. The number of carbonyl (C=O) groups is 1. The Hall–Kier alpha value is -2.12. The predicted molar refractivity (Wildman–Crippen MR) is 60.9 cm³/mol. The van der Waals surface area contributed by atoms with Gasteiger partial charge in [0, 0.05) is 12.5 Å². The Morgan fingerprint density at radius 1 is 1.58 bits per heavy atom. The van der Waals surface area contributed by atoms with Gasteiger partial charge in [-0.1, -0.05) is 0 Å². The fourth-order valence-electron chi connectivity index (χ4n) is 1.51. The summed E-state index contributed by atoms with van der Waals surface area (Å²) in [7, 11) is 0. The molecule has 1 aromatic rings. The fraction of sp³-hybridized carbons (Fsp3) is 0.455. The molecule has 1 rings (SSSR count). The van der Waals surface area contributed by atoms with E-state index in [-0.39, 0.29) is 24.3 Å². The van der Waals surface area contributed by atoms with Gasteiger partial charge >= 0.3 is 11.8 Å². The Labute approximate surface area is 107 Å². The first-order valence-corrected chi connectivity index (χ1v) is 5.45. The van der Waals surface area contributed by atoms with E-state index >= 15 is 0 Å². The van der Waals surface area contributed by atoms with Gasteiger partial charge < -0.3 is 14.9 Å². The van der Waals surface area contributed by atoms with E-state index in [4.69, 9.17) is 4.74 Å². The minimum Gasteiger partial charge on any atom is -0.466 e. The second-order valence-corrected chi connectivity index (χ2v) is 3.69. The Morgan fingerprint density at radius 3 is 2.68 bits per heavy atom. The van der Waals surface area contributed by atoms with Crippen molar-refractivity contribution in [2.45, 2.75) is 26.7 Å². The maximum Gasteiger partial charge on any atom is 0.372 e. The minimum atomic E-state index is -3.03. The molecule has 0 aliphatic heterocycles. The van der Waals surface area contributed by atoms with Gasteiger partial charge in [0.05, 0.1) is 13.0 Å². The maximum atomic E-state index is 12.7. The summed E-state index contributed by atoms with van der Waals surface area (Å²) in [5, 5.41) is 10.6. The number of ether oxygens (including phenoxy) is 1. The number of alkyl halides is 2. The molecule has 0 saturated heterocycles. The number of aromatic nitrogens is 1. The molecule has 0 spiro atoms. The number of nitrogens with zero attached hydrogens (tertiary/aromatic N) is 2. The number of hydrogen-bond acceptors (Lipinski definition) is 5. The van der Waals surface area contributed by atoms with Gasteiger partial charge in [0.15, 0.2) is 5.69 Å². The topological polar surface area (TPSA) is 82.3 Å². The van der Waals surface area contributed by atoms with E-state index in [2.05, 4.69) is 4.98 Å². The van der Waals surface area contributed by atoms with Crippen molar-refractivity contribution in [3.8, 4) is 0 Å². The van der Waals surface area contributed by atoms with Crippen molar-refractivity contribution in [1.82, 2.24) is 4.98 Å². The van der Waals surface area contributed by atoms with Crippen LogP contribution in [0.3, 0.4) is 0 Å². The number of rotatable bonds is 5. The van der Waals surface area contributed by atoms with Crippen molar-refractivity contribution in [3.05, 3.63) is 33.0 Å². The average Bonchev–Trinajstić information content (AvgIpc) is 2.31. The molecule has 0 saturated carbocycles. The van der Waals surface area contributed by atoms with Crippen LogP contribution in [0.2, 0.25) is 0 Å². The Kier molecular flexibility index (Phi) is 4.85. The summed E-state index contributed by atoms with van der Waals surface area (Å²) in [6.07, 6.45) is -3.28. The Bertz CT molecular complexity index is 506. The molecule has 0 radical (unpaired) electrons. The van der Waals surface area contributed by atoms with Crippen LogP contribution in [0.1, 0.15) is 30.2 Å². The first-order valence-electron chi connectivity index (χ1n) is 5.45. The van der Waals surface area contributed by atoms with Crippen molar-refractivity contribution >= 4 is 11.8 Å². The van der Waals surface area contributed by atoms with E-state index in [1.807, 2.05) is 0 Å². The second kappa shape index (κ2) is 6.17. The SMILES string of the molecule is CCOC(=O)Cc1cc(C(F)F)c([N+](=O)[O-])nc1C. The molecule has 1 heterocycles. The molecule has 0 amide bonds. The molecule has 0 aliphatic carbocycles. The molecule has 0 fully saturated rings. The minimum absolute atomic E-state index is 0.157. The molecule has 104 valence electrons. The van der Waals surface area contributed by atoms with Crippen LogP contribution in [0, 0.1) is 17.0 Å². The largest absolute Gasteiger partial charge is 0.466 e. The highest BCUT2D eigenvalue weighted by Gasteiger charge is 2.26. The number of aryl methyl sites for hydroxylation is 1. The molecule has 0 aromatic carbocycles. The van der Waals surface area contributed by atoms with E-state index < -0.39 is 28.7 Å². The zero-order valence-corrected chi connectivity index (χ0v) is 10.4. The molecule has 0 unspecified atom stereocenters. The lowest BCUT2D eigenvalue weighted by Crippen LogP contribution is -2.11. The van der Waals surface area contributed by atoms with Crippen molar-refractivity contribution in [3.63, 3.8) is 0 Å². The summed E-state index contributed by atoms with van der Waals surface area (Å²) in [4.78, 5) is 24.5. The van der Waals surface area contributed by atoms with Crippen molar-refractivity contribution in [2.24, 2.45) is 0 Å². The lowest BCUT2D eigenvalue weighted by Gasteiger charge is -2.06. The van der Waals surface area contributed by atoms with Crippen LogP contribution in [0.4, 0.5) is 14.6 Å². The molecular formula is C11H12F2N2O4. The third-order valence-corrected chi connectivity index (χ3v) is 2.37. The number of esters is 1. The highest BCUT2D eigenvalue weighted by molar-refractivity contribution is 5.73. The highest BCUT2D eigenvalue weighted by atomic mass is 19.3. The van der Waals surface area contributed by atoms with Crippen LogP contribution in [0.25, 0.3) is 0 Å². The lowest BCUT2D eigenvalue weighted by atomic mass is 10.1. The van der Waals surface area contributed by atoms with E-state index in [0.717, 1.165) is 6.07 Å². The summed E-state index contributed by atoms with van der Waals surface area (Å²) < 4.78 is 30.1. The quantitative estimate of drug-likeness (QED) is 0.467. The standard InChI is InChI=1S/C11H12F2N2O4/c1-3-19-9(16)5-7-4-8(10(12)13)11(15(17)18)14-6(7)2/h4,10H,3,5H2,1-2H3. The van der Waals surface area contributed by atoms with Crippen molar-refractivity contribution < 1.29 is 23.2 Å². The predicted octanol–water partition coefficient (Wildman–Crippen LogP) is 2.34. The van der Waals surface area contributed by atoms with Crippen LogP contribution >= 0.6 is 0 Å². The third kappa shape index (κ3) is 3.67. The maximum absolute atomic E-state index is 12.7. The van der Waals surface area contributed by atoms with Crippen LogP contribution in [0.5, 0.6) is 0 Å². The van der Waals surface area contributed by atoms with Crippen LogP contribution in [-0.2, 0) is 16.0 Å². The van der Waals surface area contributed by atoms with Gasteiger partial charge in [-0.3, -0.25) is 4.79 Å². The number of nitro groups is 1. The van der Waals surface area contributed by atoms with Gasteiger partial charge in [-0.25, -0.2) is 8.78 Å². The van der Waals surface area contributed by atoms with E-state index in [9.17, 15) is 23.7 Å². The molecule has 0 bridgehead atoms. The number of hydrogen-bond donors (Lipinski definition) is 0. The number of carbonyl (C=O) groups excluding carboxylic acids is 1. The molecule has 19 heavy (non-hydrogen) atoms. The smallest absolute Gasteiger partial charge is 0.372 e. The fourth-order valence-corrected chi connectivity index (χ4v) is 1.51. The van der Waals surface area contributed by atoms with Crippen molar-refractivity contribution in [2.75, 3.05) is 6.61 Å². The summed E-state index contributed by atoms with van der Waals surface area (Å²) in [5.41, 5.74) is -0.446. The summed E-state index contributed by atoms with van der Waals surface area (Å²) in [6, 6.07) is 0.933. The van der Waals surface area contributed by atoms with Gasteiger partial charge in [0.1, 0.15) is 5.56 Å². The molecular weight excluding hydrogens is 262 g/mol. The Morgan fingerprint density at radius 2 is 2.21 bits per heavy atom. The zero-order valence-electron chi connectivity index (χ0n) is 10.4. The molecule has 0 N–H and O–H groups in total. The molecule has 0 atom stereocenters. The second-order valence-electron chi connectivity index (χ2n) is 3.69. The Balaban J connectivity index is 3.17. The monoisotopic (exact) mass is 274 g/mol. The summed E-state index contributed by atoms with van der Waals surface area (Å²) >= 11 is 0. The number of pyridine rings is 1. The van der Waals surface area contributed by atoms with E-state index in [0.29, 0.717) is 0 Å². The number of halogens is 2. The summed E-state index contributed by atoms with van der Waals surface area (Å²) in [5.74, 6) is -1.48. The first-order chi connectivity index (χ1) is 8.86. The molecule has 6 nitrogen and oxygen atoms in total. The normalized spacial score (nSPS) is 10.6. The lowest BCUT2D eigenvalue weighted by molar-refractivity contribution is -0.391. The van der Waals surface area contributed by atoms with E-state index in [1.165, 1.54) is 6.92 Å². The summed E-state index contributed by atoms with van der Waals surface area (Å²) in [6.45, 7) is 3.19. The van der Waals surface area contributed by atoms with Crippen LogP contribution < -0.4 is 0 Å². The van der Waals surface area contributed by atoms with Gasteiger partial charge in [-0.15, -0.1) is 0 Å². The van der Waals surface area contributed by atoms with Gasteiger partial charge in [-0.2, -0.15) is 0 Å². The van der Waals surface area contributed by atoms with Gasteiger partial charge in [0.25, 0.3) is 6.43 Å². The van der Waals surface area contributed by atoms with Crippen molar-refractivity contribution in [1.29, 1.82) is 0 Å². The first kappa shape index (κ1) is 14.9. The van der Waals surface area contributed by atoms with E-state index in [1.54, 1.807) is 6.92 Å². The molecule has 8 heteroatoms. The van der Waals surface area contributed by atoms with Gasteiger partial charge in [0.2, 0.25) is 0 Å². The third-order valence-electron chi connectivity index (χ3n) is 2.37. The van der Waals surface area contributed by atoms with Crippen LogP contribution in [0.15, 0.2) is 6.07 Å². The molecule has 1 aromatic heterocycles. The molecule has 0 aliphatic rings. The zero-order chi connectivity index (χ0) is 14.6. The van der Waals surface area contributed by atoms with Crippen LogP contribution in [-0.4, -0.2) is 22.5 Å².